The monoisotopic (exact) mass is 301 g/mol. The molecule has 2 rings (SSSR count). The summed E-state index contributed by atoms with van der Waals surface area (Å²) in [6.45, 7) is 9.78. The van der Waals surface area contributed by atoms with Crippen molar-refractivity contribution in [3.05, 3.63) is 16.4 Å². The van der Waals surface area contributed by atoms with Crippen LogP contribution in [0.3, 0.4) is 0 Å². The van der Waals surface area contributed by atoms with Gasteiger partial charge in [-0.2, -0.15) is 5.10 Å². The predicted molar refractivity (Wildman–Crippen MR) is 79.1 cm³/mol. The molecule has 5 nitrogen and oxygen atoms in total. The summed E-state index contributed by atoms with van der Waals surface area (Å²) in [6, 6.07) is 0. The van der Waals surface area contributed by atoms with Crippen molar-refractivity contribution in [2.45, 2.75) is 52.6 Å². The Bertz CT molecular complexity index is 436. The summed E-state index contributed by atoms with van der Waals surface area (Å²) in [5.41, 5.74) is 1.90. The van der Waals surface area contributed by atoms with E-state index in [-0.39, 0.29) is 12.2 Å². The quantitative estimate of drug-likeness (QED) is 0.873. The summed E-state index contributed by atoms with van der Waals surface area (Å²) in [4.78, 5) is 0. The Hall–Kier alpha value is -0.620. The summed E-state index contributed by atoms with van der Waals surface area (Å²) in [7, 11) is 0. The number of nitrogens with zero attached hydrogens (tertiary/aromatic N) is 2. The van der Waals surface area contributed by atoms with Gasteiger partial charge >= 0.3 is 0 Å². The third kappa shape index (κ3) is 3.73. The van der Waals surface area contributed by atoms with Gasteiger partial charge in [-0.15, -0.1) is 0 Å². The van der Waals surface area contributed by atoms with Gasteiger partial charge in [-0.25, -0.2) is 0 Å². The van der Waals surface area contributed by atoms with Gasteiger partial charge in [0.15, 0.2) is 0 Å². The Morgan fingerprint density at radius 1 is 1.45 bits per heavy atom. The van der Waals surface area contributed by atoms with E-state index in [0.717, 1.165) is 42.5 Å². The molecule has 1 N–H and O–H groups in total. The zero-order chi connectivity index (χ0) is 14.5. The van der Waals surface area contributed by atoms with Crippen LogP contribution in [-0.2, 0) is 29.0 Å². The molecule has 1 aromatic rings. The number of nitrogens with one attached hydrogen (secondary N) is 1. The lowest BCUT2D eigenvalue weighted by Gasteiger charge is -2.28. The first-order valence-corrected chi connectivity index (χ1v) is 7.71. The second-order valence-electron chi connectivity index (χ2n) is 5.12. The van der Waals surface area contributed by atoms with Crippen LogP contribution in [-0.4, -0.2) is 41.7 Å². The maximum atomic E-state index is 6.35. The highest BCUT2D eigenvalue weighted by Crippen LogP contribution is 2.22. The maximum Gasteiger partial charge on any atom is 0.0936 e. The highest BCUT2D eigenvalue weighted by Gasteiger charge is 2.20. The molecule has 0 amide bonds. The molecule has 1 aliphatic rings. The first-order valence-electron chi connectivity index (χ1n) is 7.33. The van der Waals surface area contributed by atoms with Gasteiger partial charge in [-0.05, 0) is 20.3 Å². The molecule has 1 saturated heterocycles. The molecule has 20 heavy (non-hydrogen) atoms. The van der Waals surface area contributed by atoms with Crippen molar-refractivity contribution in [2.24, 2.45) is 0 Å². The Morgan fingerprint density at radius 2 is 2.25 bits per heavy atom. The third-order valence-corrected chi connectivity index (χ3v) is 3.90. The lowest BCUT2D eigenvalue weighted by Crippen LogP contribution is -2.45. The van der Waals surface area contributed by atoms with Gasteiger partial charge in [0.25, 0.3) is 0 Å². The first kappa shape index (κ1) is 15.8. The maximum absolute atomic E-state index is 6.35. The minimum atomic E-state index is 0.112. The van der Waals surface area contributed by atoms with Gasteiger partial charge in [0.05, 0.1) is 41.8 Å². The molecular formula is C14H24ClN3O2. The van der Waals surface area contributed by atoms with Gasteiger partial charge in [0, 0.05) is 19.6 Å². The fourth-order valence-corrected chi connectivity index (χ4v) is 2.74. The number of hydrogen-bond acceptors (Lipinski definition) is 4. The van der Waals surface area contributed by atoms with E-state index >= 15 is 0 Å². The van der Waals surface area contributed by atoms with E-state index in [1.54, 1.807) is 0 Å². The van der Waals surface area contributed by atoms with E-state index < -0.39 is 0 Å². The normalized spacial score (nSPS) is 23.2. The van der Waals surface area contributed by atoms with Crippen LogP contribution in [0.4, 0.5) is 0 Å². The van der Waals surface area contributed by atoms with E-state index in [1.165, 1.54) is 0 Å². The fourth-order valence-electron chi connectivity index (χ4n) is 2.41. The first-order chi connectivity index (χ1) is 9.65. The number of aryl methyl sites for hydroxylation is 2. The highest BCUT2D eigenvalue weighted by molar-refractivity contribution is 6.31. The predicted octanol–water partition coefficient (Wildman–Crippen LogP) is 2.01. The SMILES string of the molecule is CCc1nn(CC)c(COCC2CNCC(C)O2)c1Cl. The number of rotatable bonds is 6. The lowest BCUT2D eigenvalue weighted by molar-refractivity contribution is -0.0723. The Balaban J connectivity index is 1.88. The number of morpholine rings is 1. The van der Waals surface area contributed by atoms with Crippen molar-refractivity contribution in [2.75, 3.05) is 19.7 Å². The molecule has 1 fully saturated rings. The van der Waals surface area contributed by atoms with Crippen molar-refractivity contribution >= 4 is 11.6 Å². The average Bonchev–Trinajstić information content (AvgIpc) is 2.75. The zero-order valence-electron chi connectivity index (χ0n) is 12.5. The van der Waals surface area contributed by atoms with Crippen LogP contribution in [0.2, 0.25) is 5.02 Å². The van der Waals surface area contributed by atoms with Crippen LogP contribution >= 0.6 is 11.6 Å². The molecule has 0 aromatic carbocycles. The van der Waals surface area contributed by atoms with Crippen LogP contribution in [0, 0.1) is 0 Å². The third-order valence-electron chi connectivity index (χ3n) is 3.47. The van der Waals surface area contributed by atoms with Crippen molar-refractivity contribution in [1.29, 1.82) is 0 Å². The average molecular weight is 302 g/mol. The van der Waals surface area contributed by atoms with Crippen LogP contribution in [0.15, 0.2) is 0 Å². The van der Waals surface area contributed by atoms with Crippen LogP contribution in [0.25, 0.3) is 0 Å². The van der Waals surface area contributed by atoms with Gasteiger partial charge in [-0.1, -0.05) is 18.5 Å². The molecule has 6 heteroatoms. The second kappa shape index (κ2) is 7.41. The zero-order valence-corrected chi connectivity index (χ0v) is 13.2. The molecule has 0 saturated carbocycles. The van der Waals surface area contributed by atoms with E-state index in [4.69, 9.17) is 21.1 Å². The van der Waals surface area contributed by atoms with E-state index in [9.17, 15) is 0 Å². The standard InChI is InChI=1S/C14H24ClN3O2/c1-4-12-14(15)13(18(5-2)17-12)9-19-8-11-7-16-6-10(3)20-11/h10-11,16H,4-9H2,1-3H3. The van der Waals surface area contributed by atoms with Gasteiger partial charge < -0.3 is 14.8 Å². The lowest BCUT2D eigenvalue weighted by atomic mass is 10.2. The molecule has 2 unspecified atom stereocenters. The number of ether oxygens (including phenoxy) is 2. The molecule has 2 heterocycles. The van der Waals surface area contributed by atoms with Crippen molar-refractivity contribution in [3.63, 3.8) is 0 Å². The van der Waals surface area contributed by atoms with E-state index in [2.05, 4.69) is 31.2 Å². The summed E-state index contributed by atoms with van der Waals surface area (Å²) in [5, 5.41) is 8.56. The largest absolute Gasteiger partial charge is 0.372 e. The van der Waals surface area contributed by atoms with E-state index in [1.807, 2.05) is 4.68 Å². The Labute approximate surface area is 125 Å². The molecule has 1 aliphatic heterocycles. The van der Waals surface area contributed by atoms with Gasteiger partial charge in [0.2, 0.25) is 0 Å². The van der Waals surface area contributed by atoms with Crippen molar-refractivity contribution < 1.29 is 9.47 Å². The smallest absolute Gasteiger partial charge is 0.0936 e. The summed E-state index contributed by atoms with van der Waals surface area (Å²) < 4.78 is 13.5. The molecule has 0 spiro atoms. The van der Waals surface area contributed by atoms with Gasteiger partial charge in [0.1, 0.15) is 0 Å². The molecule has 114 valence electrons. The summed E-state index contributed by atoms with van der Waals surface area (Å²) >= 11 is 6.35. The van der Waals surface area contributed by atoms with Crippen LogP contribution in [0.1, 0.15) is 32.2 Å². The summed E-state index contributed by atoms with van der Waals surface area (Å²) in [5.74, 6) is 0. The van der Waals surface area contributed by atoms with E-state index in [0.29, 0.717) is 13.2 Å². The minimum absolute atomic E-state index is 0.112. The number of aromatic nitrogens is 2. The highest BCUT2D eigenvalue weighted by atomic mass is 35.5. The topological polar surface area (TPSA) is 48.3 Å². The molecule has 0 radical (unpaired) electrons. The molecule has 1 aromatic heterocycles. The van der Waals surface area contributed by atoms with Crippen LogP contribution < -0.4 is 5.32 Å². The molecule has 2 atom stereocenters. The Kier molecular flexibility index (Phi) is 5.84. The number of hydrogen-bond donors (Lipinski definition) is 1. The molecule has 0 bridgehead atoms. The van der Waals surface area contributed by atoms with Gasteiger partial charge in [-0.3, -0.25) is 4.68 Å². The minimum Gasteiger partial charge on any atom is -0.372 e. The van der Waals surface area contributed by atoms with Crippen LogP contribution in [0.5, 0.6) is 0 Å². The molecular weight excluding hydrogens is 278 g/mol. The molecule has 0 aliphatic carbocycles. The second-order valence-corrected chi connectivity index (χ2v) is 5.50. The van der Waals surface area contributed by atoms with Crippen molar-refractivity contribution in [3.8, 4) is 0 Å². The Morgan fingerprint density at radius 3 is 2.90 bits per heavy atom. The number of halogens is 1. The van der Waals surface area contributed by atoms with Crippen molar-refractivity contribution in [1.82, 2.24) is 15.1 Å². The summed E-state index contributed by atoms with van der Waals surface area (Å²) in [6.07, 6.45) is 1.20. The fraction of sp³-hybridized carbons (Fsp3) is 0.786.